The van der Waals surface area contributed by atoms with Crippen LogP contribution in [0.3, 0.4) is 0 Å². The topological polar surface area (TPSA) is 97.3 Å². The fraction of sp³-hybridized carbons (Fsp3) is 0.263. The number of imide groups is 1. The van der Waals surface area contributed by atoms with E-state index in [1.807, 2.05) is 6.92 Å². The van der Waals surface area contributed by atoms with Crippen molar-refractivity contribution in [1.29, 1.82) is 0 Å². The summed E-state index contributed by atoms with van der Waals surface area (Å²) in [6.07, 6.45) is 1.83. The number of nitrogens with one attached hydrogen (secondary N) is 1. The molecule has 0 bridgehead atoms. The molecule has 8 nitrogen and oxygen atoms in total. The zero-order chi connectivity index (χ0) is 20.3. The van der Waals surface area contributed by atoms with Crippen molar-refractivity contribution in [2.24, 2.45) is 5.10 Å². The summed E-state index contributed by atoms with van der Waals surface area (Å²) < 4.78 is 10.6. The highest BCUT2D eigenvalue weighted by Crippen LogP contribution is 2.29. The largest absolute Gasteiger partial charge is 0.493 e. The van der Waals surface area contributed by atoms with Crippen molar-refractivity contribution in [3.63, 3.8) is 0 Å². The van der Waals surface area contributed by atoms with E-state index in [0.29, 0.717) is 22.6 Å². The summed E-state index contributed by atoms with van der Waals surface area (Å²) in [6, 6.07) is 7.66. The number of rotatable bonds is 6. The van der Waals surface area contributed by atoms with Gasteiger partial charge in [0.15, 0.2) is 11.5 Å². The zero-order valence-electron chi connectivity index (χ0n) is 15.6. The second kappa shape index (κ2) is 7.81. The van der Waals surface area contributed by atoms with Gasteiger partial charge in [-0.05, 0) is 48.6 Å². The van der Waals surface area contributed by atoms with Gasteiger partial charge in [0.05, 0.1) is 13.3 Å². The molecule has 2 heterocycles. The molecule has 146 valence electrons. The summed E-state index contributed by atoms with van der Waals surface area (Å²) in [6.45, 7) is 3.47. The number of carbonyl (C=O) groups is 3. The average molecular weight is 401 g/mol. The number of benzene rings is 1. The first kappa shape index (κ1) is 19.6. The molecule has 3 rings (SSSR count). The molecule has 2 aromatic rings. The van der Waals surface area contributed by atoms with E-state index in [1.165, 1.54) is 24.7 Å². The fourth-order valence-electron chi connectivity index (χ4n) is 2.53. The number of carbonyl (C=O) groups excluding carboxylic acids is 3. The molecule has 1 unspecified atom stereocenters. The molecule has 1 aliphatic rings. The van der Waals surface area contributed by atoms with Gasteiger partial charge in [0.25, 0.3) is 5.91 Å². The minimum Gasteiger partial charge on any atom is -0.493 e. The number of urea groups is 1. The molecule has 1 atom stereocenters. The molecule has 1 aromatic heterocycles. The summed E-state index contributed by atoms with van der Waals surface area (Å²) >= 11 is 1.28. The standard InChI is InChI=1S/C19H19N3O5S/c1-4-19(2)17(24)22(18(25)21-19)20-11-12-7-8-13(14(10-12)26-3)27-16(23)15-6-5-9-28-15/h5-11H,4H2,1-3H3,(H,21,25)/b20-11+. The Balaban J connectivity index is 1.77. The van der Waals surface area contributed by atoms with Gasteiger partial charge in [0.1, 0.15) is 10.4 Å². The van der Waals surface area contributed by atoms with Crippen molar-refractivity contribution in [3.05, 3.63) is 46.2 Å². The second-order valence-electron chi connectivity index (χ2n) is 6.25. The van der Waals surface area contributed by atoms with E-state index >= 15 is 0 Å². The molecule has 1 N–H and O–H groups in total. The minimum atomic E-state index is -0.952. The number of methoxy groups -OCH3 is 1. The summed E-state index contributed by atoms with van der Waals surface area (Å²) in [5, 5.41) is 9.21. The monoisotopic (exact) mass is 401 g/mol. The fourth-order valence-corrected chi connectivity index (χ4v) is 3.13. The molecule has 0 saturated carbocycles. The Morgan fingerprint density at radius 1 is 1.32 bits per heavy atom. The number of nitrogens with zero attached hydrogens (tertiary/aromatic N) is 2. The van der Waals surface area contributed by atoms with Crippen LogP contribution in [0.1, 0.15) is 35.5 Å². The van der Waals surface area contributed by atoms with Gasteiger partial charge < -0.3 is 14.8 Å². The van der Waals surface area contributed by atoms with Gasteiger partial charge >= 0.3 is 12.0 Å². The van der Waals surface area contributed by atoms with E-state index in [-0.39, 0.29) is 5.75 Å². The molecule has 0 aliphatic carbocycles. The van der Waals surface area contributed by atoms with Crippen LogP contribution in [0.25, 0.3) is 0 Å². The second-order valence-corrected chi connectivity index (χ2v) is 7.20. The van der Waals surface area contributed by atoms with Crippen molar-refractivity contribution in [2.75, 3.05) is 7.11 Å². The van der Waals surface area contributed by atoms with Crippen LogP contribution < -0.4 is 14.8 Å². The third-order valence-corrected chi connectivity index (χ3v) is 5.23. The number of hydrogen-bond donors (Lipinski definition) is 1. The lowest BCUT2D eigenvalue weighted by atomic mass is 10.00. The van der Waals surface area contributed by atoms with E-state index in [1.54, 1.807) is 42.6 Å². The van der Waals surface area contributed by atoms with Crippen molar-refractivity contribution in [3.8, 4) is 11.5 Å². The maximum absolute atomic E-state index is 12.3. The van der Waals surface area contributed by atoms with Crippen LogP contribution in [-0.4, -0.2) is 41.8 Å². The molecule has 3 amide bonds. The molecule has 9 heteroatoms. The quantitative estimate of drug-likeness (QED) is 0.347. The lowest BCUT2D eigenvalue weighted by molar-refractivity contribution is -0.130. The molecule has 0 spiro atoms. The Morgan fingerprint density at radius 2 is 2.11 bits per heavy atom. The summed E-state index contributed by atoms with van der Waals surface area (Å²) in [5.41, 5.74) is -0.384. The number of hydrazone groups is 1. The Kier molecular flexibility index (Phi) is 5.46. The first-order valence-electron chi connectivity index (χ1n) is 8.52. The predicted molar refractivity (Wildman–Crippen MR) is 104 cm³/mol. The van der Waals surface area contributed by atoms with Gasteiger partial charge in [-0.2, -0.15) is 5.10 Å². The van der Waals surface area contributed by atoms with Crippen LogP contribution >= 0.6 is 11.3 Å². The Labute approximate surface area is 165 Å². The van der Waals surface area contributed by atoms with Crippen LogP contribution in [-0.2, 0) is 4.79 Å². The van der Waals surface area contributed by atoms with E-state index in [0.717, 1.165) is 5.01 Å². The van der Waals surface area contributed by atoms with Gasteiger partial charge in [-0.25, -0.2) is 9.59 Å². The minimum absolute atomic E-state index is 0.256. The predicted octanol–water partition coefficient (Wildman–Crippen LogP) is 3.03. The summed E-state index contributed by atoms with van der Waals surface area (Å²) in [5.74, 6) is -0.311. The highest BCUT2D eigenvalue weighted by atomic mass is 32.1. The van der Waals surface area contributed by atoms with Crippen molar-refractivity contribution in [1.82, 2.24) is 10.3 Å². The van der Waals surface area contributed by atoms with Crippen molar-refractivity contribution >= 4 is 35.5 Å². The lowest BCUT2D eigenvalue weighted by Gasteiger charge is -2.17. The van der Waals surface area contributed by atoms with Gasteiger partial charge in [0, 0.05) is 0 Å². The van der Waals surface area contributed by atoms with Gasteiger partial charge in [-0.1, -0.05) is 13.0 Å². The average Bonchev–Trinajstić information content (AvgIpc) is 3.29. The summed E-state index contributed by atoms with van der Waals surface area (Å²) in [4.78, 5) is 36.9. The number of ether oxygens (including phenoxy) is 2. The van der Waals surface area contributed by atoms with Crippen LogP contribution in [0.4, 0.5) is 4.79 Å². The molecule has 1 aromatic carbocycles. The molecular weight excluding hydrogens is 382 g/mol. The molecule has 1 saturated heterocycles. The molecule has 0 radical (unpaired) electrons. The van der Waals surface area contributed by atoms with Crippen LogP contribution in [0, 0.1) is 0 Å². The zero-order valence-corrected chi connectivity index (χ0v) is 16.4. The van der Waals surface area contributed by atoms with Gasteiger partial charge in [-0.15, -0.1) is 16.3 Å². The van der Waals surface area contributed by atoms with Gasteiger partial charge in [0.2, 0.25) is 0 Å². The van der Waals surface area contributed by atoms with Crippen LogP contribution in [0.5, 0.6) is 11.5 Å². The maximum Gasteiger partial charge on any atom is 0.353 e. The molecule has 1 fully saturated rings. The highest BCUT2D eigenvalue weighted by molar-refractivity contribution is 7.12. The third-order valence-electron chi connectivity index (χ3n) is 4.38. The number of thiophene rings is 1. The van der Waals surface area contributed by atoms with Crippen LogP contribution in [0.15, 0.2) is 40.8 Å². The van der Waals surface area contributed by atoms with E-state index in [2.05, 4.69) is 10.4 Å². The van der Waals surface area contributed by atoms with Gasteiger partial charge in [-0.3, -0.25) is 4.79 Å². The van der Waals surface area contributed by atoms with E-state index < -0.39 is 23.4 Å². The Morgan fingerprint density at radius 3 is 2.71 bits per heavy atom. The maximum atomic E-state index is 12.3. The Bertz CT molecular complexity index is 941. The molecule has 1 aliphatic heterocycles. The lowest BCUT2D eigenvalue weighted by Crippen LogP contribution is -2.42. The summed E-state index contributed by atoms with van der Waals surface area (Å²) in [7, 11) is 1.45. The van der Waals surface area contributed by atoms with Crippen molar-refractivity contribution < 1.29 is 23.9 Å². The van der Waals surface area contributed by atoms with Crippen molar-refractivity contribution in [2.45, 2.75) is 25.8 Å². The number of amides is 3. The first-order chi connectivity index (χ1) is 13.4. The van der Waals surface area contributed by atoms with E-state index in [4.69, 9.17) is 9.47 Å². The third kappa shape index (κ3) is 3.74. The smallest absolute Gasteiger partial charge is 0.353 e. The van der Waals surface area contributed by atoms with E-state index in [9.17, 15) is 14.4 Å². The molecule has 28 heavy (non-hydrogen) atoms. The number of hydrogen-bond acceptors (Lipinski definition) is 7. The first-order valence-corrected chi connectivity index (χ1v) is 9.40. The molecular formula is C19H19N3O5S. The normalized spacial score (nSPS) is 19.2. The SMILES string of the molecule is CCC1(C)NC(=O)N(/N=C/c2ccc(OC(=O)c3cccs3)c(OC)c2)C1=O. The Hall–Kier alpha value is -3.20. The highest BCUT2D eigenvalue weighted by Gasteiger charge is 2.46. The number of esters is 1. The van der Waals surface area contributed by atoms with Crippen LogP contribution in [0.2, 0.25) is 0 Å².